The summed E-state index contributed by atoms with van der Waals surface area (Å²) < 4.78 is 6.78. The predicted molar refractivity (Wildman–Crippen MR) is 122 cm³/mol. The number of carbonyl (C=O) groups excluding carboxylic acids is 3. The molecule has 1 aromatic heterocycles. The maximum atomic E-state index is 12.8. The van der Waals surface area contributed by atoms with Crippen LogP contribution in [0.2, 0.25) is 0 Å². The lowest BCUT2D eigenvalue weighted by atomic mass is 10.0. The first-order valence-corrected chi connectivity index (χ1v) is 10.9. The van der Waals surface area contributed by atoms with Gasteiger partial charge in [-0.15, -0.1) is 0 Å². The molecular formula is C23H30N4O6. The van der Waals surface area contributed by atoms with Gasteiger partial charge in [0.05, 0.1) is 29.7 Å². The van der Waals surface area contributed by atoms with Crippen molar-refractivity contribution in [3.63, 3.8) is 0 Å². The largest absolute Gasteiger partial charge is 0.478 e. The van der Waals surface area contributed by atoms with Gasteiger partial charge in [-0.05, 0) is 25.5 Å². The van der Waals surface area contributed by atoms with E-state index < -0.39 is 23.8 Å². The molecular weight excluding hydrogens is 428 g/mol. The highest BCUT2D eigenvalue weighted by Crippen LogP contribution is 2.23. The number of ether oxygens (including phenoxy) is 1. The quantitative estimate of drug-likeness (QED) is 0.324. The third-order valence-electron chi connectivity index (χ3n) is 4.93. The number of nitrogens with one attached hydrogen (secondary N) is 2. The number of nitrogens with zero attached hydrogens (tertiary/aromatic N) is 2. The molecule has 0 spiro atoms. The van der Waals surface area contributed by atoms with Crippen LogP contribution in [0.5, 0.6) is 0 Å². The third kappa shape index (κ3) is 7.16. The minimum Gasteiger partial charge on any atom is -0.478 e. The SMILES string of the molecule is CCCCCCC(C(=O)OCC)n1cnc(NC(=O)c2cccc(NC(C)=O)c2C(=O)O)c1. The Labute approximate surface area is 192 Å². The predicted octanol–water partition coefficient (Wildman–Crippen LogP) is 3.87. The number of rotatable bonds is 12. The van der Waals surface area contributed by atoms with Crippen LogP contribution in [0.3, 0.4) is 0 Å². The van der Waals surface area contributed by atoms with E-state index in [1.807, 2.05) is 0 Å². The Morgan fingerprint density at radius 3 is 2.52 bits per heavy atom. The van der Waals surface area contributed by atoms with E-state index in [1.54, 1.807) is 11.5 Å². The first kappa shape index (κ1) is 25.6. The molecule has 1 heterocycles. The Morgan fingerprint density at radius 1 is 1.12 bits per heavy atom. The first-order chi connectivity index (χ1) is 15.8. The molecule has 0 saturated carbocycles. The maximum Gasteiger partial charge on any atom is 0.338 e. The van der Waals surface area contributed by atoms with Gasteiger partial charge < -0.3 is 25.0 Å². The van der Waals surface area contributed by atoms with Gasteiger partial charge in [0.15, 0.2) is 5.82 Å². The van der Waals surface area contributed by atoms with Crippen LogP contribution >= 0.6 is 0 Å². The molecule has 2 amide bonds. The van der Waals surface area contributed by atoms with Crippen LogP contribution in [0.25, 0.3) is 0 Å². The summed E-state index contributed by atoms with van der Waals surface area (Å²) in [4.78, 5) is 52.5. The summed E-state index contributed by atoms with van der Waals surface area (Å²) >= 11 is 0. The first-order valence-electron chi connectivity index (χ1n) is 10.9. The summed E-state index contributed by atoms with van der Waals surface area (Å²) in [5.41, 5.74) is -0.447. The van der Waals surface area contributed by atoms with E-state index in [4.69, 9.17) is 4.74 Å². The number of aromatic nitrogens is 2. The van der Waals surface area contributed by atoms with Gasteiger partial charge in [-0.2, -0.15) is 0 Å². The number of hydrogen-bond acceptors (Lipinski definition) is 6. The van der Waals surface area contributed by atoms with Crippen LogP contribution in [0.4, 0.5) is 11.5 Å². The molecule has 0 radical (unpaired) electrons. The number of anilines is 2. The average Bonchev–Trinajstić information content (AvgIpc) is 3.21. The molecule has 0 fully saturated rings. The molecule has 0 aliphatic rings. The van der Waals surface area contributed by atoms with Crippen molar-refractivity contribution in [2.75, 3.05) is 17.2 Å². The van der Waals surface area contributed by atoms with Gasteiger partial charge in [0, 0.05) is 13.1 Å². The summed E-state index contributed by atoms with van der Waals surface area (Å²) in [5, 5.41) is 14.6. The molecule has 0 aliphatic carbocycles. The number of unbranched alkanes of at least 4 members (excludes halogenated alkanes) is 3. The highest BCUT2D eigenvalue weighted by atomic mass is 16.5. The van der Waals surface area contributed by atoms with Gasteiger partial charge in [0.2, 0.25) is 5.91 Å². The number of carboxylic acids is 1. The number of carboxylic acid groups (broad SMARTS) is 1. The highest BCUT2D eigenvalue weighted by Gasteiger charge is 2.24. The van der Waals surface area contributed by atoms with Crippen molar-refractivity contribution < 1.29 is 29.0 Å². The standard InChI is InChI=1S/C23H30N4O6/c1-4-6-7-8-12-18(23(32)33-5-2)27-13-19(24-14-27)26-21(29)16-10-9-11-17(25-15(3)28)20(16)22(30)31/h9-11,13-14,18H,4-8,12H2,1-3H3,(H,25,28)(H,26,29)(H,30,31). The zero-order valence-corrected chi connectivity index (χ0v) is 19.1. The molecule has 0 bridgehead atoms. The molecule has 3 N–H and O–H groups in total. The van der Waals surface area contributed by atoms with E-state index in [0.717, 1.165) is 25.7 Å². The Bertz CT molecular complexity index is 1000. The average molecular weight is 459 g/mol. The molecule has 10 nitrogen and oxygen atoms in total. The van der Waals surface area contributed by atoms with Gasteiger partial charge in [-0.3, -0.25) is 9.59 Å². The lowest BCUT2D eigenvalue weighted by Gasteiger charge is -2.16. The number of esters is 1. The van der Waals surface area contributed by atoms with Crippen molar-refractivity contribution in [1.29, 1.82) is 0 Å². The van der Waals surface area contributed by atoms with Crippen LogP contribution in [0, 0.1) is 0 Å². The van der Waals surface area contributed by atoms with Crippen LogP contribution in [0.1, 0.15) is 79.6 Å². The lowest BCUT2D eigenvalue weighted by Crippen LogP contribution is -2.21. The zero-order valence-electron chi connectivity index (χ0n) is 19.1. The van der Waals surface area contributed by atoms with Crippen molar-refractivity contribution in [2.45, 2.75) is 58.9 Å². The van der Waals surface area contributed by atoms with Gasteiger partial charge in [0.1, 0.15) is 6.04 Å². The number of aromatic carboxylic acids is 1. The van der Waals surface area contributed by atoms with Gasteiger partial charge in [-0.1, -0.05) is 38.7 Å². The summed E-state index contributed by atoms with van der Waals surface area (Å²) in [6, 6.07) is 3.64. The maximum absolute atomic E-state index is 12.8. The van der Waals surface area contributed by atoms with Crippen LogP contribution < -0.4 is 10.6 Å². The smallest absolute Gasteiger partial charge is 0.338 e. The third-order valence-corrected chi connectivity index (χ3v) is 4.93. The second-order valence-electron chi connectivity index (χ2n) is 7.49. The van der Waals surface area contributed by atoms with Crippen LogP contribution in [-0.4, -0.2) is 45.0 Å². The molecule has 10 heteroatoms. The molecule has 0 aliphatic heterocycles. The fourth-order valence-corrected chi connectivity index (χ4v) is 3.41. The van der Waals surface area contributed by atoms with Crippen molar-refractivity contribution in [1.82, 2.24) is 9.55 Å². The van der Waals surface area contributed by atoms with Crippen LogP contribution in [0.15, 0.2) is 30.7 Å². The van der Waals surface area contributed by atoms with Gasteiger partial charge >= 0.3 is 11.9 Å². The van der Waals surface area contributed by atoms with E-state index in [1.165, 1.54) is 37.6 Å². The topological polar surface area (TPSA) is 140 Å². The van der Waals surface area contributed by atoms with Crippen molar-refractivity contribution in [2.24, 2.45) is 0 Å². The van der Waals surface area contributed by atoms with E-state index >= 15 is 0 Å². The normalized spacial score (nSPS) is 11.5. The summed E-state index contributed by atoms with van der Waals surface area (Å²) in [5.74, 6) is -2.74. The lowest BCUT2D eigenvalue weighted by molar-refractivity contribution is -0.147. The second-order valence-corrected chi connectivity index (χ2v) is 7.49. The van der Waals surface area contributed by atoms with Crippen molar-refractivity contribution in [3.8, 4) is 0 Å². The summed E-state index contributed by atoms with van der Waals surface area (Å²) in [6.07, 6.45) is 7.50. The molecule has 1 unspecified atom stereocenters. The minimum absolute atomic E-state index is 0.0163. The highest BCUT2D eigenvalue weighted by molar-refractivity contribution is 6.13. The van der Waals surface area contributed by atoms with Gasteiger partial charge in [-0.25, -0.2) is 14.6 Å². The van der Waals surface area contributed by atoms with Crippen molar-refractivity contribution in [3.05, 3.63) is 41.9 Å². The molecule has 2 rings (SSSR count). The fourth-order valence-electron chi connectivity index (χ4n) is 3.41. The number of carbonyl (C=O) groups is 4. The van der Waals surface area contributed by atoms with Gasteiger partial charge in [0.25, 0.3) is 5.91 Å². The Hall–Kier alpha value is -3.69. The number of hydrogen-bond donors (Lipinski definition) is 3. The summed E-state index contributed by atoms with van der Waals surface area (Å²) in [6.45, 7) is 5.34. The Kier molecular flexibility index (Phi) is 9.59. The van der Waals surface area contributed by atoms with E-state index in [0.29, 0.717) is 6.42 Å². The minimum atomic E-state index is -1.36. The number of imidazole rings is 1. The summed E-state index contributed by atoms with van der Waals surface area (Å²) in [7, 11) is 0. The molecule has 2 aromatic rings. The molecule has 33 heavy (non-hydrogen) atoms. The Balaban J connectivity index is 2.23. The monoisotopic (exact) mass is 458 g/mol. The van der Waals surface area contributed by atoms with Crippen LogP contribution in [-0.2, 0) is 14.3 Å². The fraction of sp³-hybridized carbons (Fsp3) is 0.435. The number of benzene rings is 1. The molecule has 1 atom stereocenters. The molecule has 0 saturated heterocycles. The second kappa shape index (κ2) is 12.4. The number of amides is 2. The van der Waals surface area contributed by atoms with E-state index in [9.17, 15) is 24.3 Å². The van der Waals surface area contributed by atoms with E-state index in [-0.39, 0.29) is 35.2 Å². The van der Waals surface area contributed by atoms with E-state index in [2.05, 4.69) is 22.5 Å². The Morgan fingerprint density at radius 2 is 1.88 bits per heavy atom. The molecule has 178 valence electrons. The van der Waals surface area contributed by atoms with Crippen molar-refractivity contribution >= 4 is 35.3 Å². The molecule has 1 aromatic carbocycles. The zero-order chi connectivity index (χ0) is 24.4.